The van der Waals surface area contributed by atoms with E-state index >= 15 is 0 Å². The number of hydrogen-bond acceptors (Lipinski definition) is 5. The second-order valence-electron chi connectivity index (χ2n) is 5.91. The molecule has 1 unspecified atom stereocenters. The molecule has 1 amide bonds. The number of nitrogens with zero attached hydrogens (tertiary/aromatic N) is 2. The van der Waals surface area contributed by atoms with Crippen LogP contribution in [0.2, 0.25) is 0 Å². The number of anilines is 1. The first-order valence-corrected chi connectivity index (χ1v) is 8.78. The van der Waals surface area contributed by atoms with E-state index in [0.717, 1.165) is 23.5 Å². The van der Waals surface area contributed by atoms with E-state index in [0.29, 0.717) is 16.4 Å². The van der Waals surface area contributed by atoms with Crippen LogP contribution in [0.3, 0.4) is 0 Å². The molecule has 0 saturated carbocycles. The van der Waals surface area contributed by atoms with Crippen molar-refractivity contribution in [2.24, 2.45) is 0 Å². The van der Waals surface area contributed by atoms with Gasteiger partial charge in [-0.3, -0.25) is 14.5 Å². The minimum atomic E-state index is -1.18. The van der Waals surface area contributed by atoms with Gasteiger partial charge in [0.1, 0.15) is 22.1 Å². The molecule has 1 aliphatic heterocycles. The number of carbonyl (C=O) groups is 2. The molecule has 2 heterocycles. The van der Waals surface area contributed by atoms with Crippen molar-refractivity contribution in [1.82, 2.24) is 4.98 Å². The summed E-state index contributed by atoms with van der Waals surface area (Å²) in [4.78, 5) is 29.2. The third-order valence-corrected chi connectivity index (χ3v) is 5.16. The zero-order valence-electron chi connectivity index (χ0n) is 13.7. The van der Waals surface area contributed by atoms with E-state index in [1.807, 2.05) is 0 Å². The largest absolute Gasteiger partial charge is 0.481 e. The molecule has 2 aromatic carbocycles. The number of fused-ring (bicyclic) bond motifs is 2. The van der Waals surface area contributed by atoms with Gasteiger partial charge in [0.15, 0.2) is 11.9 Å². The fourth-order valence-corrected chi connectivity index (χ4v) is 3.89. The average Bonchev–Trinajstić information content (AvgIpc) is 3.07. The highest BCUT2D eigenvalue weighted by Crippen LogP contribution is 2.36. The Hall–Kier alpha value is -3.07. The number of benzene rings is 2. The molecule has 1 aliphatic rings. The maximum atomic E-state index is 13.9. The Morgan fingerprint density at radius 2 is 1.96 bits per heavy atom. The molecular weight excluding hydrogens is 378 g/mol. The predicted molar refractivity (Wildman–Crippen MR) is 93.8 cm³/mol. The van der Waals surface area contributed by atoms with Gasteiger partial charge >= 0.3 is 5.97 Å². The van der Waals surface area contributed by atoms with Gasteiger partial charge in [-0.05, 0) is 24.3 Å². The second kappa shape index (κ2) is 6.58. The number of rotatable bonds is 4. The Kier molecular flexibility index (Phi) is 4.23. The van der Waals surface area contributed by atoms with Crippen LogP contribution in [-0.4, -0.2) is 28.1 Å². The molecule has 0 spiro atoms. The molecule has 1 aromatic heterocycles. The quantitative estimate of drug-likeness (QED) is 0.739. The van der Waals surface area contributed by atoms with Gasteiger partial charge in [-0.1, -0.05) is 12.1 Å². The second-order valence-corrected chi connectivity index (χ2v) is 6.99. The molecule has 0 aliphatic carbocycles. The van der Waals surface area contributed by atoms with Crippen molar-refractivity contribution in [3.63, 3.8) is 0 Å². The number of carbonyl (C=O) groups excluding carboxylic acids is 1. The van der Waals surface area contributed by atoms with E-state index in [1.165, 1.54) is 4.90 Å². The summed E-state index contributed by atoms with van der Waals surface area (Å²) in [6, 6.07) is 8.71. The zero-order chi connectivity index (χ0) is 19.1. The maximum absolute atomic E-state index is 13.9. The van der Waals surface area contributed by atoms with E-state index in [9.17, 15) is 18.4 Å². The van der Waals surface area contributed by atoms with Crippen LogP contribution >= 0.6 is 11.3 Å². The number of halogens is 2. The summed E-state index contributed by atoms with van der Waals surface area (Å²) < 4.78 is 33.4. The minimum Gasteiger partial charge on any atom is -0.481 e. The average molecular weight is 390 g/mol. The molecule has 0 saturated heterocycles. The van der Waals surface area contributed by atoms with Gasteiger partial charge in [0, 0.05) is 0 Å². The Morgan fingerprint density at radius 3 is 2.70 bits per heavy atom. The fourth-order valence-electron chi connectivity index (χ4n) is 2.92. The number of para-hydroxylation sites is 2. The highest BCUT2D eigenvalue weighted by Gasteiger charge is 2.36. The van der Waals surface area contributed by atoms with Crippen LogP contribution in [-0.2, 0) is 16.1 Å². The smallest absolute Gasteiger partial charge is 0.307 e. The van der Waals surface area contributed by atoms with Crippen LogP contribution in [0.25, 0.3) is 10.2 Å². The molecule has 6 nitrogen and oxygen atoms in total. The van der Waals surface area contributed by atoms with Crippen LogP contribution in [0.4, 0.5) is 14.5 Å². The molecule has 1 N–H and O–H groups in total. The lowest BCUT2D eigenvalue weighted by Crippen LogP contribution is -2.46. The minimum absolute atomic E-state index is 0.0481. The summed E-state index contributed by atoms with van der Waals surface area (Å²) in [6.07, 6.45) is -1.67. The Labute approximate surface area is 155 Å². The van der Waals surface area contributed by atoms with Crippen LogP contribution in [0.5, 0.6) is 5.75 Å². The lowest BCUT2D eigenvalue weighted by atomic mass is 10.1. The van der Waals surface area contributed by atoms with Gasteiger partial charge in [0.2, 0.25) is 0 Å². The van der Waals surface area contributed by atoms with E-state index in [-0.39, 0.29) is 16.8 Å². The molecular formula is C18H12F2N2O4S. The molecule has 0 radical (unpaired) electrons. The third-order valence-electron chi connectivity index (χ3n) is 4.11. The summed E-state index contributed by atoms with van der Waals surface area (Å²) in [7, 11) is 0. The number of hydrogen-bond donors (Lipinski definition) is 1. The molecule has 138 valence electrons. The monoisotopic (exact) mass is 390 g/mol. The zero-order valence-corrected chi connectivity index (χ0v) is 14.5. The normalized spacial score (nSPS) is 16.3. The van der Waals surface area contributed by atoms with Gasteiger partial charge in [0.05, 0.1) is 23.4 Å². The number of ether oxygens (including phenoxy) is 1. The van der Waals surface area contributed by atoms with Crippen LogP contribution in [0, 0.1) is 11.6 Å². The Bertz CT molecular complexity index is 1030. The molecule has 3 aromatic rings. The molecule has 9 heteroatoms. The maximum Gasteiger partial charge on any atom is 0.307 e. The Morgan fingerprint density at radius 1 is 1.22 bits per heavy atom. The first-order valence-electron chi connectivity index (χ1n) is 7.96. The summed E-state index contributed by atoms with van der Waals surface area (Å²) >= 11 is 0.946. The van der Waals surface area contributed by atoms with Crippen molar-refractivity contribution in [3.05, 3.63) is 53.0 Å². The lowest BCUT2D eigenvalue weighted by molar-refractivity contribution is -0.142. The van der Waals surface area contributed by atoms with Crippen molar-refractivity contribution in [2.75, 3.05) is 4.90 Å². The number of aliphatic carboxylic acids is 1. The molecule has 1 atom stereocenters. The first kappa shape index (κ1) is 17.3. The topological polar surface area (TPSA) is 79.7 Å². The third kappa shape index (κ3) is 3.10. The van der Waals surface area contributed by atoms with Crippen molar-refractivity contribution >= 4 is 39.1 Å². The lowest BCUT2D eigenvalue weighted by Gasteiger charge is -2.33. The van der Waals surface area contributed by atoms with Gasteiger partial charge < -0.3 is 9.84 Å². The number of thiazole rings is 1. The van der Waals surface area contributed by atoms with Gasteiger partial charge in [-0.15, -0.1) is 11.3 Å². The summed E-state index contributed by atoms with van der Waals surface area (Å²) in [5, 5.41) is 9.35. The fraction of sp³-hybridized carbons (Fsp3) is 0.167. The van der Waals surface area contributed by atoms with Gasteiger partial charge in [-0.2, -0.15) is 0 Å². The van der Waals surface area contributed by atoms with Crippen molar-refractivity contribution in [1.29, 1.82) is 0 Å². The van der Waals surface area contributed by atoms with Crippen molar-refractivity contribution in [2.45, 2.75) is 19.1 Å². The first-order chi connectivity index (χ1) is 12.9. The highest BCUT2D eigenvalue weighted by atomic mass is 32.1. The summed E-state index contributed by atoms with van der Waals surface area (Å²) in [5.74, 6) is -2.59. The van der Waals surface area contributed by atoms with Gasteiger partial charge in [0.25, 0.3) is 5.91 Å². The number of carboxylic acids is 1. The molecule has 0 bridgehead atoms. The predicted octanol–water partition coefficient (Wildman–Crippen LogP) is 3.34. The summed E-state index contributed by atoms with van der Waals surface area (Å²) in [5.41, 5.74) is 0.357. The van der Waals surface area contributed by atoms with E-state index in [2.05, 4.69) is 4.98 Å². The standard InChI is InChI=1S/C18H12F2N2O4S/c19-9-5-6-10(20)17-16(9)21-14(27-17)8-22-11-3-1-2-4-12(11)26-13(18(22)25)7-15(23)24/h1-6,13H,7-8H2,(H,23,24). The molecule has 4 rings (SSSR count). The number of amides is 1. The van der Waals surface area contributed by atoms with Crippen LogP contribution in [0.1, 0.15) is 11.4 Å². The SMILES string of the molecule is O=C(O)CC1Oc2ccccc2N(Cc2nc3c(F)ccc(F)c3s2)C1=O. The summed E-state index contributed by atoms with van der Waals surface area (Å²) in [6.45, 7) is -0.0481. The van der Waals surface area contributed by atoms with Crippen molar-refractivity contribution in [3.8, 4) is 5.75 Å². The molecule has 0 fully saturated rings. The van der Waals surface area contributed by atoms with Crippen LogP contribution in [0.15, 0.2) is 36.4 Å². The molecule has 27 heavy (non-hydrogen) atoms. The van der Waals surface area contributed by atoms with E-state index < -0.39 is 36.0 Å². The van der Waals surface area contributed by atoms with Crippen LogP contribution < -0.4 is 9.64 Å². The van der Waals surface area contributed by atoms with Gasteiger partial charge in [-0.25, -0.2) is 13.8 Å². The van der Waals surface area contributed by atoms with E-state index in [4.69, 9.17) is 9.84 Å². The van der Waals surface area contributed by atoms with Crippen molar-refractivity contribution < 1.29 is 28.2 Å². The highest BCUT2D eigenvalue weighted by molar-refractivity contribution is 7.18. The number of aromatic nitrogens is 1. The van der Waals surface area contributed by atoms with E-state index in [1.54, 1.807) is 24.3 Å². The number of carboxylic acid groups (broad SMARTS) is 1. The Balaban J connectivity index is 1.73.